The molecule has 0 bridgehead atoms. The third-order valence-corrected chi connectivity index (χ3v) is 6.77. The predicted molar refractivity (Wildman–Crippen MR) is 93.7 cm³/mol. The summed E-state index contributed by atoms with van der Waals surface area (Å²) in [6.45, 7) is 0. The summed E-state index contributed by atoms with van der Waals surface area (Å²) >= 11 is 5.63. The molecular weight excluding hydrogens is 308 g/mol. The fraction of sp³-hybridized carbons (Fsp3) is 0.500. The third kappa shape index (κ3) is 4.62. The first-order chi connectivity index (χ1) is 9.70. The van der Waals surface area contributed by atoms with Crippen molar-refractivity contribution in [2.24, 2.45) is 5.73 Å². The highest BCUT2D eigenvalue weighted by Crippen LogP contribution is 2.45. The monoisotopic (exact) mass is 328 g/mol. The maximum atomic E-state index is 12.0. The van der Waals surface area contributed by atoms with E-state index in [1.165, 1.54) is 17.1 Å². The van der Waals surface area contributed by atoms with Crippen LogP contribution in [0, 0.1) is 0 Å². The van der Waals surface area contributed by atoms with Crippen LogP contribution in [0.3, 0.4) is 0 Å². The van der Waals surface area contributed by atoms with Crippen LogP contribution in [0.5, 0.6) is 0 Å². The van der Waals surface area contributed by atoms with E-state index in [-0.39, 0.29) is 5.91 Å². The lowest BCUT2D eigenvalue weighted by atomic mass is 10.2. The Morgan fingerprint density at radius 1 is 1.50 bits per heavy atom. The van der Waals surface area contributed by atoms with Gasteiger partial charge >= 0.3 is 0 Å². The molecule has 1 aromatic rings. The second-order valence-electron chi connectivity index (χ2n) is 4.58. The summed E-state index contributed by atoms with van der Waals surface area (Å²) < 4.78 is 0.497. The first-order valence-corrected chi connectivity index (χ1v) is 10.1. The number of carbonyl (C=O) groups is 1. The van der Waals surface area contributed by atoms with E-state index < -0.39 is 6.04 Å². The van der Waals surface area contributed by atoms with Crippen molar-refractivity contribution in [2.75, 3.05) is 28.8 Å². The van der Waals surface area contributed by atoms with E-state index in [0.29, 0.717) is 11.0 Å². The summed E-state index contributed by atoms with van der Waals surface area (Å²) in [5.74, 6) is 3.21. The van der Waals surface area contributed by atoms with Crippen molar-refractivity contribution in [1.82, 2.24) is 0 Å². The average molecular weight is 329 g/mol. The molecule has 110 valence electrons. The summed E-state index contributed by atoms with van der Waals surface area (Å²) in [6.07, 6.45) is 2.73. The molecule has 1 aromatic carbocycles. The van der Waals surface area contributed by atoms with E-state index in [2.05, 4.69) is 17.4 Å². The first-order valence-electron chi connectivity index (χ1n) is 6.59. The molecule has 1 aliphatic rings. The topological polar surface area (TPSA) is 55.1 Å². The van der Waals surface area contributed by atoms with Gasteiger partial charge in [-0.05, 0) is 36.1 Å². The van der Waals surface area contributed by atoms with E-state index in [1.54, 1.807) is 11.8 Å². The Kier molecular flexibility index (Phi) is 6.61. The van der Waals surface area contributed by atoms with Gasteiger partial charge in [0, 0.05) is 17.2 Å². The van der Waals surface area contributed by atoms with Gasteiger partial charge in [-0.1, -0.05) is 12.1 Å². The lowest BCUT2D eigenvalue weighted by molar-refractivity contribution is -0.117. The van der Waals surface area contributed by atoms with Crippen LogP contribution in [0.2, 0.25) is 0 Å². The van der Waals surface area contributed by atoms with Gasteiger partial charge in [-0.3, -0.25) is 4.79 Å². The van der Waals surface area contributed by atoms with E-state index >= 15 is 0 Å². The van der Waals surface area contributed by atoms with Crippen LogP contribution in [-0.2, 0) is 4.79 Å². The van der Waals surface area contributed by atoms with Gasteiger partial charge in [-0.2, -0.15) is 11.8 Å². The quantitative estimate of drug-likeness (QED) is 0.840. The number of carbonyl (C=O) groups excluding carboxylic acids is 1. The van der Waals surface area contributed by atoms with Gasteiger partial charge in [-0.25, -0.2) is 0 Å². The predicted octanol–water partition coefficient (Wildman–Crippen LogP) is 3.18. The Morgan fingerprint density at radius 3 is 2.95 bits per heavy atom. The molecule has 1 atom stereocenters. The highest BCUT2D eigenvalue weighted by atomic mass is 32.2. The fourth-order valence-corrected chi connectivity index (χ4v) is 5.25. The summed E-state index contributed by atoms with van der Waals surface area (Å²) in [7, 11) is 0. The van der Waals surface area contributed by atoms with Gasteiger partial charge in [0.1, 0.15) is 0 Å². The molecule has 0 spiro atoms. The van der Waals surface area contributed by atoms with Crippen LogP contribution in [0.15, 0.2) is 24.3 Å². The van der Waals surface area contributed by atoms with E-state index in [9.17, 15) is 4.79 Å². The van der Waals surface area contributed by atoms with Crippen LogP contribution < -0.4 is 11.1 Å². The fourth-order valence-electron chi connectivity index (χ4n) is 1.92. The molecular formula is C14H20N2OS3. The molecule has 0 radical (unpaired) electrons. The number of nitrogens with one attached hydrogen (secondary N) is 1. The summed E-state index contributed by atoms with van der Waals surface area (Å²) in [5.41, 5.74) is 8.00. The molecule has 20 heavy (non-hydrogen) atoms. The van der Waals surface area contributed by atoms with Crippen LogP contribution in [0.25, 0.3) is 0 Å². The lowest BCUT2D eigenvalue weighted by Crippen LogP contribution is -2.36. The second kappa shape index (κ2) is 8.22. The summed E-state index contributed by atoms with van der Waals surface area (Å²) in [6, 6.07) is 7.68. The van der Waals surface area contributed by atoms with Crippen molar-refractivity contribution in [2.45, 2.75) is 17.0 Å². The SMILES string of the molecule is CSCC[C@H](N)C(=O)Nc1cccc(C2SCCS2)c1. The van der Waals surface area contributed by atoms with Crippen molar-refractivity contribution >= 4 is 46.9 Å². The molecule has 0 unspecified atom stereocenters. The van der Waals surface area contributed by atoms with Crippen molar-refractivity contribution < 1.29 is 4.79 Å². The average Bonchev–Trinajstić information content (AvgIpc) is 2.99. The van der Waals surface area contributed by atoms with Crippen molar-refractivity contribution in [3.05, 3.63) is 29.8 Å². The van der Waals surface area contributed by atoms with Gasteiger partial charge in [-0.15, -0.1) is 23.5 Å². The molecule has 3 nitrogen and oxygen atoms in total. The zero-order valence-electron chi connectivity index (χ0n) is 11.5. The lowest BCUT2D eigenvalue weighted by Gasteiger charge is -2.14. The molecule has 0 aliphatic carbocycles. The van der Waals surface area contributed by atoms with E-state index in [1.807, 2.05) is 41.9 Å². The van der Waals surface area contributed by atoms with E-state index in [0.717, 1.165) is 11.4 Å². The van der Waals surface area contributed by atoms with Crippen molar-refractivity contribution in [3.8, 4) is 0 Å². The molecule has 6 heteroatoms. The van der Waals surface area contributed by atoms with Gasteiger partial charge in [0.25, 0.3) is 0 Å². The molecule has 0 saturated carbocycles. The zero-order valence-corrected chi connectivity index (χ0v) is 14.0. The Balaban J connectivity index is 1.95. The summed E-state index contributed by atoms with van der Waals surface area (Å²) in [4.78, 5) is 12.0. The number of benzene rings is 1. The van der Waals surface area contributed by atoms with Gasteiger partial charge < -0.3 is 11.1 Å². The molecule has 1 amide bonds. The van der Waals surface area contributed by atoms with Gasteiger partial charge in [0.05, 0.1) is 10.6 Å². The van der Waals surface area contributed by atoms with Gasteiger partial charge in [0.15, 0.2) is 0 Å². The van der Waals surface area contributed by atoms with Crippen molar-refractivity contribution in [1.29, 1.82) is 0 Å². The molecule has 1 saturated heterocycles. The Bertz CT molecular complexity index is 450. The van der Waals surface area contributed by atoms with Crippen LogP contribution in [-0.4, -0.2) is 35.5 Å². The van der Waals surface area contributed by atoms with Crippen LogP contribution in [0.1, 0.15) is 16.6 Å². The normalized spacial score (nSPS) is 17.1. The Hall–Kier alpha value is -0.300. The minimum absolute atomic E-state index is 0.0945. The standard InChI is InChI=1S/C14H20N2OS3/c1-18-6-5-12(15)13(17)16-11-4-2-3-10(9-11)14-19-7-8-20-14/h2-4,9,12,14H,5-8,15H2,1H3,(H,16,17)/t12-/m0/s1. The maximum Gasteiger partial charge on any atom is 0.241 e. The van der Waals surface area contributed by atoms with Crippen LogP contribution in [0.4, 0.5) is 5.69 Å². The third-order valence-electron chi connectivity index (χ3n) is 3.02. The van der Waals surface area contributed by atoms with Crippen LogP contribution >= 0.6 is 35.3 Å². The van der Waals surface area contributed by atoms with E-state index in [4.69, 9.17) is 5.73 Å². The number of rotatable bonds is 6. The van der Waals surface area contributed by atoms with Crippen molar-refractivity contribution in [3.63, 3.8) is 0 Å². The molecule has 0 aromatic heterocycles. The molecule has 1 fully saturated rings. The number of amides is 1. The molecule has 1 heterocycles. The second-order valence-corrected chi connectivity index (χ2v) is 8.29. The first kappa shape index (κ1) is 16.1. The maximum absolute atomic E-state index is 12.0. The number of anilines is 1. The molecule has 3 N–H and O–H groups in total. The number of nitrogens with two attached hydrogens (primary N) is 1. The number of thioether (sulfide) groups is 3. The molecule has 2 rings (SSSR count). The van der Waals surface area contributed by atoms with Gasteiger partial charge in [0.2, 0.25) is 5.91 Å². The minimum Gasteiger partial charge on any atom is -0.325 e. The minimum atomic E-state index is -0.429. The molecule has 1 aliphatic heterocycles. The highest BCUT2D eigenvalue weighted by molar-refractivity contribution is 8.19. The largest absolute Gasteiger partial charge is 0.325 e. The number of hydrogen-bond acceptors (Lipinski definition) is 5. The Labute approximate surface area is 133 Å². The smallest absolute Gasteiger partial charge is 0.241 e. The summed E-state index contributed by atoms with van der Waals surface area (Å²) in [5, 5.41) is 2.92. The Morgan fingerprint density at radius 2 is 2.25 bits per heavy atom. The number of hydrogen-bond donors (Lipinski definition) is 2. The zero-order chi connectivity index (χ0) is 14.4. The highest BCUT2D eigenvalue weighted by Gasteiger charge is 2.19.